The van der Waals surface area contributed by atoms with E-state index in [-0.39, 0.29) is 0 Å². The topological polar surface area (TPSA) is 35.8 Å². The molecule has 0 amide bonds. The zero-order chi connectivity index (χ0) is 12.7. The zero-order valence-electron chi connectivity index (χ0n) is 10.8. The molecule has 3 heteroatoms. The van der Waals surface area contributed by atoms with Crippen molar-refractivity contribution in [1.82, 2.24) is 0 Å². The average Bonchev–Trinajstić information content (AvgIpc) is 2.36. The fourth-order valence-electron chi connectivity index (χ4n) is 1.50. The van der Waals surface area contributed by atoms with Gasteiger partial charge in [-0.15, -0.1) is 11.8 Å². The number of hydrogen-bond acceptors (Lipinski definition) is 3. The highest BCUT2D eigenvalue weighted by Gasteiger charge is 2.08. The van der Waals surface area contributed by atoms with Crippen molar-refractivity contribution >= 4 is 17.4 Å². The zero-order valence-corrected chi connectivity index (χ0v) is 11.6. The van der Waals surface area contributed by atoms with E-state index < -0.39 is 0 Å². The molecule has 0 saturated heterocycles. The first kappa shape index (κ1) is 13.9. The Labute approximate surface area is 108 Å². The van der Waals surface area contributed by atoms with Crippen LogP contribution in [0.4, 0.5) is 5.69 Å². The molecule has 0 bridgehead atoms. The predicted molar refractivity (Wildman–Crippen MR) is 75.5 cm³/mol. The molecule has 0 radical (unpaired) electrons. The third kappa shape index (κ3) is 3.98. The van der Waals surface area contributed by atoms with Crippen LogP contribution in [0.25, 0.3) is 0 Å². The third-order valence-electron chi connectivity index (χ3n) is 2.78. The van der Waals surface area contributed by atoms with Gasteiger partial charge >= 0.3 is 0 Å². The number of thioether (sulfide) groups is 1. The largest absolute Gasteiger partial charge is 0.384 e. The number of anilines is 1. The van der Waals surface area contributed by atoms with Gasteiger partial charge in [-0.3, -0.25) is 0 Å². The van der Waals surface area contributed by atoms with Crippen LogP contribution in [0.15, 0.2) is 23.1 Å². The molecule has 0 spiro atoms. The Morgan fingerprint density at radius 1 is 1.41 bits per heavy atom. The van der Waals surface area contributed by atoms with Crippen LogP contribution in [0.5, 0.6) is 0 Å². The fourth-order valence-corrected chi connectivity index (χ4v) is 2.28. The Morgan fingerprint density at radius 2 is 2.18 bits per heavy atom. The maximum atomic E-state index is 9.24. The predicted octanol–water partition coefficient (Wildman–Crippen LogP) is 4.13. The van der Waals surface area contributed by atoms with Gasteiger partial charge < -0.3 is 5.32 Å². The molecule has 0 heterocycles. The van der Waals surface area contributed by atoms with Gasteiger partial charge in [-0.25, -0.2) is 0 Å². The Bertz CT molecular complexity index is 396. The summed E-state index contributed by atoms with van der Waals surface area (Å²) in [7, 11) is 0. The smallest absolute Gasteiger partial charge is 0.102 e. The van der Waals surface area contributed by atoms with Crippen molar-refractivity contribution in [1.29, 1.82) is 5.26 Å². The molecule has 1 aromatic rings. The molecule has 0 aromatic heterocycles. The Balaban J connectivity index is 2.84. The van der Waals surface area contributed by atoms with E-state index in [0.29, 0.717) is 5.92 Å². The molecule has 0 aliphatic rings. The maximum Gasteiger partial charge on any atom is 0.102 e. The minimum absolute atomic E-state index is 0.629. The maximum absolute atomic E-state index is 9.24. The van der Waals surface area contributed by atoms with Gasteiger partial charge in [0, 0.05) is 11.4 Å². The molecule has 0 saturated carbocycles. The average molecular weight is 248 g/mol. The quantitative estimate of drug-likeness (QED) is 0.769. The first-order valence-corrected chi connectivity index (χ1v) is 7.11. The fraction of sp³-hybridized carbons (Fsp3) is 0.500. The second-order valence-corrected chi connectivity index (χ2v) is 5.42. The molecule has 2 nitrogen and oxygen atoms in total. The van der Waals surface area contributed by atoms with Crippen LogP contribution in [0, 0.1) is 17.2 Å². The lowest BCUT2D eigenvalue weighted by Crippen LogP contribution is -2.11. The first-order chi connectivity index (χ1) is 8.22. The lowest BCUT2D eigenvalue weighted by atomic mass is 10.1. The molecule has 1 rings (SSSR count). The standard InChI is InChI=1S/C14H20N2S/c1-4-11(3)10-16-13-7-6-8-14(17-5-2)12(13)9-15/h6-8,11,16H,4-5,10H2,1-3H3. The van der Waals surface area contributed by atoms with E-state index in [2.05, 4.69) is 32.2 Å². The summed E-state index contributed by atoms with van der Waals surface area (Å²) in [5, 5.41) is 12.6. The first-order valence-electron chi connectivity index (χ1n) is 6.12. The molecule has 1 N–H and O–H groups in total. The lowest BCUT2D eigenvalue weighted by Gasteiger charge is -2.14. The minimum Gasteiger partial charge on any atom is -0.384 e. The summed E-state index contributed by atoms with van der Waals surface area (Å²) in [4.78, 5) is 1.07. The molecule has 1 aromatic carbocycles. The number of nitriles is 1. The van der Waals surface area contributed by atoms with Crippen molar-refractivity contribution in [3.63, 3.8) is 0 Å². The van der Waals surface area contributed by atoms with Gasteiger partial charge in [-0.2, -0.15) is 5.26 Å². The Morgan fingerprint density at radius 3 is 2.76 bits per heavy atom. The highest BCUT2D eigenvalue weighted by Crippen LogP contribution is 2.27. The van der Waals surface area contributed by atoms with Gasteiger partial charge in [0.1, 0.15) is 6.07 Å². The summed E-state index contributed by atoms with van der Waals surface area (Å²) < 4.78 is 0. The number of benzene rings is 1. The van der Waals surface area contributed by atoms with E-state index in [0.717, 1.165) is 34.9 Å². The summed E-state index contributed by atoms with van der Waals surface area (Å²) in [6.45, 7) is 7.42. The summed E-state index contributed by atoms with van der Waals surface area (Å²) >= 11 is 1.72. The molecule has 0 fully saturated rings. The monoisotopic (exact) mass is 248 g/mol. The minimum atomic E-state index is 0.629. The summed E-state index contributed by atoms with van der Waals surface area (Å²) in [5.41, 5.74) is 1.74. The van der Waals surface area contributed by atoms with Crippen molar-refractivity contribution < 1.29 is 0 Å². The van der Waals surface area contributed by atoms with Crippen LogP contribution in [0.2, 0.25) is 0 Å². The van der Waals surface area contributed by atoms with Crippen LogP contribution in [0.3, 0.4) is 0 Å². The van der Waals surface area contributed by atoms with E-state index in [1.807, 2.05) is 18.2 Å². The number of rotatable bonds is 6. The summed E-state index contributed by atoms with van der Waals surface area (Å²) in [5.74, 6) is 1.62. The van der Waals surface area contributed by atoms with Gasteiger partial charge in [0.05, 0.1) is 11.3 Å². The van der Waals surface area contributed by atoms with Crippen molar-refractivity contribution in [3.05, 3.63) is 23.8 Å². The van der Waals surface area contributed by atoms with Crippen LogP contribution in [-0.2, 0) is 0 Å². The molecule has 17 heavy (non-hydrogen) atoms. The molecule has 1 atom stereocenters. The van der Waals surface area contributed by atoms with Gasteiger partial charge in [0.25, 0.3) is 0 Å². The van der Waals surface area contributed by atoms with Gasteiger partial charge in [-0.1, -0.05) is 33.3 Å². The third-order valence-corrected chi connectivity index (χ3v) is 3.72. The number of hydrogen-bond donors (Lipinski definition) is 1. The Hall–Kier alpha value is -1.14. The second kappa shape index (κ2) is 7.24. The normalized spacial score (nSPS) is 11.9. The van der Waals surface area contributed by atoms with Crippen LogP contribution in [-0.4, -0.2) is 12.3 Å². The SMILES string of the molecule is CCSc1cccc(NCC(C)CC)c1C#N. The second-order valence-electron chi connectivity index (χ2n) is 4.12. The molecule has 1 unspecified atom stereocenters. The molecule has 0 aliphatic carbocycles. The van der Waals surface area contributed by atoms with Crippen LogP contribution >= 0.6 is 11.8 Å². The Kier molecular flexibility index (Phi) is 5.93. The molecular formula is C14H20N2S. The molecular weight excluding hydrogens is 228 g/mol. The highest BCUT2D eigenvalue weighted by molar-refractivity contribution is 7.99. The van der Waals surface area contributed by atoms with Crippen molar-refractivity contribution in [2.24, 2.45) is 5.92 Å². The highest BCUT2D eigenvalue weighted by atomic mass is 32.2. The van der Waals surface area contributed by atoms with Crippen LogP contribution < -0.4 is 5.32 Å². The van der Waals surface area contributed by atoms with E-state index in [1.54, 1.807) is 11.8 Å². The van der Waals surface area contributed by atoms with E-state index in [4.69, 9.17) is 0 Å². The van der Waals surface area contributed by atoms with E-state index >= 15 is 0 Å². The number of nitrogens with zero attached hydrogens (tertiary/aromatic N) is 1. The van der Waals surface area contributed by atoms with E-state index in [9.17, 15) is 5.26 Å². The molecule has 0 aliphatic heterocycles. The van der Waals surface area contributed by atoms with Crippen molar-refractivity contribution in [3.8, 4) is 6.07 Å². The van der Waals surface area contributed by atoms with Crippen molar-refractivity contribution in [2.75, 3.05) is 17.6 Å². The summed E-state index contributed by atoms with van der Waals surface area (Å²) in [6, 6.07) is 8.32. The number of nitrogens with one attached hydrogen (secondary N) is 1. The van der Waals surface area contributed by atoms with Gasteiger partial charge in [0.15, 0.2) is 0 Å². The van der Waals surface area contributed by atoms with Gasteiger partial charge in [0.2, 0.25) is 0 Å². The molecule has 92 valence electrons. The van der Waals surface area contributed by atoms with E-state index in [1.165, 1.54) is 0 Å². The van der Waals surface area contributed by atoms with Gasteiger partial charge in [-0.05, 0) is 23.8 Å². The van der Waals surface area contributed by atoms with Crippen molar-refractivity contribution in [2.45, 2.75) is 32.1 Å². The lowest BCUT2D eigenvalue weighted by molar-refractivity contribution is 0.593. The summed E-state index contributed by atoms with van der Waals surface area (Å²) in [6.07, 6.45) is 1.15. The van der Waals surface area contributed by atoms with Crippen LogP contribution in [0.1, 0.15) is 32.8 Å².